The third-order valence-electron chi connectivity index (χ3n) is 6.38. The summed E-state index contributed by atoms with van der Waals surface area (Å²) >= 11 is 0. The third kappa shape index (κ3) is 3.70. The molecule has 1 aliphatic carbocycles. The molecule has 7 nitrogen and oxygen atoms in total. The molecule has 1 fully saturated rings. The number of nitrogens with two attached hydrogens (primary N) is 2. The van der Waals surface area contributed by atoms with Gasteiger partial charge in [-0.2, -0.15) is 0 Å². The Balaban J connectivity index is 1.43. The van der Waals surface area contributed by atoms with E-state index in [0.29, 0.717) is 19.5 Å². The number of amides is 2. The molecule has 0 saturated heterocycles. The summed E-state index contributed by atoms with van der Waals surface area (Å²) in [4.78, 5) is 32.0. The Labute approximate surface area is 182 Å². The Bertz CT molecular complexity index is 952. The molecule has 31 heavy (non-hydrogen) atoms. The summed E-state index contributed by atoms with van der Waals surface area (Å²) in [5, 5.41) is 2.90. The van der Waals surface area contributed by atoms with Gasteiger partial charge in [0.15, 0.2) is 11.5 Å². The molecular formula is C24H29N5O2. The molecule has 0 spiro atoms. The second-order valence-electron chi connectivity index (χ2n) is 8.48. The second-order valence-corrected chi connectivity index (χ2v) is 8.48. The first-order valence-corrected chi connectivity index (χ1v) is 10.7. The van der Waals surface area contributed by atoms with Gasteiger partial charge in [-0.05, 0) is 36.3 Å². The standard InChI is InChI=1S/C24H29N5O2/c1-17-16-23(17,26)20(30)27-14-8-9-15-29-21(31)24(28-22(29)25,18-10-4-2-5-11-18)19-12-6-3-7-13-19/h2-7,10-13,17H,8-9,14-16,26H2,1H3,(H2,25,28)(H,27,30)/t17-,23+/m0/s1. The number of carbonyl (C=O) groups is 2. The molecule has 2 aliphatic rings. The maximum absolute atomic E-state index is 13.6. The topological polar surface area (TPSA) is 114 Å². The van der Waals surface area contributed by atoms with Crippen LogP contribution in [0.2, 0.25) is 0 Å². The van der Waals surface area contributed by atoms with E-state index in [-0.39, 0.29) is 23.7 Å². The van der Waals surface area contributed by atoms with Crippen LogP contribution in [0.25, 0.3) is 0 Å². The smallest absolute Gasteiger partial charge is 0.266 e. The minimum absolute atomic E-state index is 0.0921. The summed E-state index contributed by atoms with van der Waals surface area (Å²) in [7, 11) is 0. The van der Waals surface area contributed by atoms with Crippen LogP contribution in [0.5, 0.6) is 0 Å². The quantitative estimate of drug-likeness (QED) is 0.565. The number of unbranched alkanes of at least 4 members (excludes halogenated alkanes) is 1. The first-order valence-electron chi connectivity index (χ1n) is 10.7. The fraction of sp³-hybridized carbons (Fsp3) is 0.375. The fourth-order valence-electron chi connectivity index (χ4n) is 4.22. The van der Waals surface area contributed by atoms with Crippen molar-refractivity contribution in [2.45, 2.75) is 37.3 Å². The first kappa shape index (κ1) is 21.1. The van der Waals surface area contributed by atoms with Gasteiger partial charge in [-0.15, -0.1) is 0 Å². The van der Waals surface area contributed by atoms with Gasteiger partial charge in [0.05, 0.1) is 5.54 Å². The van der Waals surface area contributed by atoms with Crippen molar-refractivity contribution in [1.29, 1.82) is 0 Å². The highest BCUT2D eigenvalue weighted by molar-refractivity contribution is 6.09. The summed E-state index contributed by atoms with van der Waals surface area (Å²) < 4.78 is 0. The van der Waals surface area contributed by atoms with E-state index in [1.165, 1.54) is 0 Å². The van der Waals surface area contributed by atoms with Crippen LogP contribution in [0, 0.1) is 5.92 Å². The molecular weight excluding hydrogens is 390 g/mol. The van der Waals surface area contributed by atoms with Crippen molar-refractivity contribution >= 4 is 17.8 Å². The molecule has 5 N–H and O–H groups in total. The van der Waals surface area contributed by atoms with Crippen LogP contribution in [-0.2, 0) is 15.1 Å². The number of nitrogens with zero attached hydrogens (tertiary/aromatic N) is 2. The zero-order valence-corrected chi connectivity index (χ0v) is 17.8. The van der Waals surface area contributed by atoms with E-state index in [4.69, 9.17) is 11.5 Å². The monoisotopic (exact) mass is 419 g/mol. The summed E-state index contributed by atoms with van der Waals surface area (Å²) in [5.41, 5.74) is 12.0. The molecule has 7 heteroatoms. The number of benzene rings is 2. The number of carbonyl (C=O) groups excluding carboxylic acids is 2. The van der Waals surface area contributed by atoms with Crippen molar-refractivity contribution in [3.63, 3.8) is 0 Å². The number of nitrogens with one attached hydrogen (secondary N) is 1. The van der Waals surface area contributed by atoms with Crippen molar-refractivity contribution in [2.24, 2.45) is 22.4 Å². The maximum atomic E-state index is 13.6. The van der Waals surface area contributed by atoms with Crippen molar-refractivity contribution in [3.05, 3.63) is 71.8 Å². The molecule has 0 aromatic heterocycles. The maximum Gasteiger partial charge on any atom is 0.266 e. The van der Waals surface area contributed by atoms with Crippen LogP contribution < -0.4 is 16.8 Å². The summed E-state index contributed by atoms with van der Waals surface area (Å²) in [5.74, 6) is 0.203. The number of hydrogen-bond donors (Lipinski definition) is 3. The predicted molar refractivity (Wildman–Crippen MR) is 120 cm³/mol. The minimum Gasteiger partial charge on any atom is -0.369 e. The Morgan fingerprint density at radius 3 is 2.16 bits per heavy atom. The van der Waals surface area contributed by atoms with Gasteiger partial charge in [-0.25, -0.2) is 4.99 Å². The highest BCUT2D eigenvalue weighted by Gasteiger charge is 2.54. The SMILES string of the molecule is C[C@H]1C[C@]1(N)C(=O)NCCCCN1C(=O)C(c2ccccc2)(c2ccccc2)N=C1N. The lowest BCUT2D eigenvalue weighted by molar-refractivity contribution is -0.130. The molecule has 2 atom stereocenters. The van der Waals surface area contributed by atoms with E-state index in [2.05, 4.69) is 10.3 Å². The van der Waals surface area contributed by atoms with Gasteiger partial charge in [0.1, 0.15) is 0 Å². The molecule has 2 amide bonds. The summed E-state index contributed by atoms with van der Waals surface area (Å²) in [6.45, 7) is 2.94. The Morgan fingerprint density at radius 1 is 1.10 bits per heavy atom. The first-order chi connectivity index (χ1) is 14.9. The lowest BCUT2D eigenvalue weighted by atomic mass is 9.83. The van der Waals surface area contributed by atoms with E-state index in [9.17, 15) is 9.59 Å². The molecule has 0 unspecified atom stereocenters. The number of rotatable bonds is 8. The van der Waals surface area contributed by atoms with Gasteiger partial charge in [0, 0.05) is 13.1 Å². The molecule has 0 bridgehead atoms. The molecule has 1 aliphatic heterocycles. The largest absolute Gasteiger partial charge is 0.369 e. The van der Waals surface area contributed by atoms with E-state index < -0.39 is 11.1 Å². The van der Waals surface area contributed by atoms with E-state index in [0.717, 1.165) is 24.0 Å². The Kier molecular flexibility index (Phi) is 5.54. The fourth-order valence-corrected chi connectivity index (χ4v) is 4.22. The highest BCUT2D eigenvalue weighted by Crippen LogP contribution is 2.41. The molecule has 162 valence electrons. The van der Waals surface area contributed by atoms with Crippen molar-refractivity contribution in [1.82, 2.24) is 10.2 Å². The van der Waals surface area contributed by atoms with Crippen LogP contribution in [0.4, 0.5) is 0 Å². The lowest BCUT2D eigenvalue weighted by Crippen LogP contribution is -2.45. The molecule has 1 heterocycles. The number of aliphatic imine (C=N–C) groups is 1. The Morgan fingerprint density at radius 2 is 1.65 bits per heavy atom. The van der Waals surface area contributed by atoms with Crippen molar-refractivity contribution < 1.29 is 9.59 Å². The normalized spacial score (nSPS) is 24.1. The molecule has 2 aromatic carbocycles. The zero-order valence-electron chi connectivity index (χ0n) is 17.8. The number of guanidine groups is 1. The minimum atomic E-state index is -1.17. The Hall–Kier alpha value is -3.19. The molecule has 0 radical (unpaired) electrons. The van der Waals surface area contributed by atoms with Gasteiger partial charge >= 0.3 is 0 Å². The summed E-state index contributed by atoms with van der Waals surface area (Å²) in [6.07, 6.45) is 2.14. The van der Waals surface area contributed by atoms with Crippen LogP contribution in [0.1, 0.15) is 37.3 Å². The van der Waals surface area contributed by atoms with Gasteiger partial charge in [0.2, 0.25) is 5.91 Å². The van der Waals surface area contributed by atoms with Crippen LogP contribution in [-0.4, -0.2) is 41.3 Å². The highest BCUT2D eigenvalue weighted by atomic mass is 16.2. The molecule has 2 aromatic rings. The van der Waals surface area contributed by atoms with Gasteiger partial charge in [-0.1, -0.05) is 67.6 Å². The molecule has 1 saturated carbocycles. The van der Waals surface area contributed by atoms with Crippen LogP contribution >= 0.6 is 0 Å². The second kappa shape index (κ2) is 8.15. The van der Waals surface area contributed by atoms with Gasteiger partial charge in [-0.3, -0.25) is 14.5 Å². The van der Waals surface area contributed by atoms with Crippen molar-refractivity contribution in [3.8, 4) is 0 Å². The average molecular weight is 420 g/mol. The van der Waals surface area contributed by atoms with E-state index >= 15 is 0 Å². The van der Waals surface area contributed by atoms with Gasteiger partial charge < -0.3 is 16.8 Å². The molecule has 4 rings (SSSR count). The number of hydrogen-bond acceptors (Lipinski definition) is 5. The van der Waals surface area contributed by atoms with Gasteiger partial charge in [0.25, 0.3) is 5.91 Å². The van der Waals surface area contributed by atoms with E-state index in [1.807, 2.05) is 67.6 Å². The predicted octanol–water partition coefficient (Wildman–Crippen LogP) is 1.72. The van der Waals surface area contributed by atoms with Crippen molar-refractivity contribution in [2.75, 3.05) is 13.1 Å². The average Bonchev–Trinajstić information content (AvgIpc) is 3.33. The third-order valence-corrected chi connectivity index (χ3v) is 6.38. The van der Waals surface area contributed by atoms with Crippen LogP contribution in [0.15, 0.2) is 65.7 Å². The zero-order chi connectivity index (χ0) is 22.1. The lowest BCUT2D eigenvalue weighted by Gasteiger charge is -2.27. The van der Waals surface area contributed by atoms with E-state index in [1.54, 1.807) is 4.90 Å². The van der Waals surface area contributed by atoms with Crippen LogP contribution in [0.3, 0.4) is 0 Å². The summed E-state index contributed by atoms with van der Waals surface area (Å²) in [6, 6.07) is 19.0.